The van der Waals surface area contributed by atoms with Crippen molar-refractivity contribution in [2.75, 3.05) is 22.9 Å². The van der Waals surface area contributed by atoms with Gasteiger partial charge in [-0.05, 0) is 74.0 Å². The number of aryl methyl sites for hydroxylation is 2. The Labute approximate surface area is 263 Å². The fraction of sp³-hybridized carbons (Fsp3) is 0.129. The lowest BCUT2D eigenvalue weighted by Crippen LogP contribution is -2.15. The van der Waals surface area contributed by atoms with E-state index in [4.69, 9.17) is 9.72 Å². The summed E-state index contributed by atoms with van der Waals surface area (Å²) in [5, 5.41) is 21.7. The minimum atomic E-state index is -3.86. The van der Waals surface area contributed by atoms with Crippen molar-refractivity contribution in [2.45, 2.75) is 23.8 Å². The number of ether oxygens (including phenoxy) is 1. The van der Waals surface area contributed by atoms with E-state index in [1.807, 2.05) is 61.5 Å². The van der Waals surface area contributed by atoms with E-state index in [9.17, 15) is 18.5 Å². The molecule has 2 N–H and O–H groups in total. The smallest absolute Gasteiger partial charge is 0.263 e. The molecule has 0 spiro atoms. The molecular formula is C31H26N6O4S3. The zero-order valence-electron chi connectivity index (χ0n) is 23.9. The minimum Gasteiger partial charge on any atom is -0.497 e. The van der Waals surface area contributed by atoms with Crippen molar-refractivity contribution in [3.63, 3.8) is 0 Å². The van der Waals surface area contributed by atoms with Crippen LogP contribution in [0.25, 0.3) is 22.4 Å². The number of pyridine rings is 1. The molecule has 5 rings (SSSR count). The molecule has 3 aromatic carbocycles. The van der Waals surface area contributed by atoms with Gasteiger partial charge in [-0.2, -0.15) is 5.26 Å². The number of nitrogens with one attached hydrogen (secondary N) is 2. The number of sulfonamides is 1. The SMILES string of the molecule is COc1ccc(-c2cc(-c3ccc(C)cc3)c(C#N)c(SCC(=O)Nc3ccc(S(=O)(=O)Nc4nnc(C)s4)cc3)n2)cc1. The van der Waals surface area contributed by atoms with E-state index in [1.54, 1.807) is 14.0 Å². The van der Waals surface area contributed by atoms with Crippen LogP contribution in [0.3, 0.4) is 0 Å². The van der Waals surface area contributed by atoms with Gasteiger partial charge in [-0.15, -0.1) is 10.2 Å². The standard InChI is InChI=1S/C31H26N6O4S3/c1-19-4-6-21(7-5-19)26-16-28(22-8-12-24(41-3)13-9-22)34-30(27(26)17-32)42-18-29(38)33-23-10-14-25(15-11-23)44(39,40)37-31-36-35-20(2)43-31/h4-16H,18H2,1-3H3,(H,33,38)(H,36,37). The van der Waals surface area contributed by atoms with E-state index < -0.39 is 10.0 Å². The molecule has 13 heteroatoms. The van der Waals surface area contributed by atoms with Crippen LogP contribution < -0.4 is 14.8 Å². The van der Waals surface area contributed by atoms with Crippen LogP contribution in [0.15, 0.2) is 88.8 Å². The van der Waals surface area contributed by atoms with Gasteiger partial charge in [0.2, 0.25) is 11.0 Å². The normalized spacial score (nSPS) is 11.0. The van der Waals surface area contributed by atoms with Crippen LogP contribution in [0, 0.1) is 25.2 Å². The second-order valence-corrected chi connectivity index (χ2v) is 13.4. The number of nitriles is 1. The molecule has 0 bridgehead atoms. The Hall–Kier alpha value is -4.77. The highest BCUT2D eigenvalue weighted by Crippen LogP contribution is 2.35. The van der Waals surface area contributed by atoms with Crippen LogP contribution in [-0.2, 0) is 14.8 Å². The lowest BCUT2D eigenvalue weighted by Gasteiger charge is -2.13. The van der Waals surface area contributed by atoms with Crippen molar-refractivity contribution in [2.24, 2.45) is 0 Å². The van der Waals surface area contributed by atoms with Gasteiger partial charge in [0.1, 0.15) is 21.9 Å². The van der Waals surface area contributed by atoms with Gasteiger partial charge in [0, 0.05) is 16.8 Å². The fourth-order valence-electron chi connectivity index (χ4n) is 4.16. The molecule has 0 atom stereocenters. The number of amides is 1. The number of rotatable bonds is 10. The van der Waals surface area contributed by atoms with Crippen LogP contribution in [0.4, 0.5) is 10.8 Å². The van der Waals surface area contributed by atoms with Gasteiger partial charge in [-0.1, -0.05) is 52.9 Å². The summed E-state index contributed by atoms with van der Waals surface area (Å²) in [5.41, 5.74) is 4.95. The molecule has 2 heterocycles. The van der Waals surface area contributed by atoms with E-state index >= 15 is 0 Å². The fourth-order valence-corrected chi connectivity index (χ4v) is 6.79. The topological polar surface area (TPSA) is 147 Å². The quantitative estimate of drug-likeness (QED) is 0.168. The first-order chi connectivity index (χ1) is 21.1. The molecule has 0 fully saturated rings. The van der Waals surface area contributed by atoms with Crippen molar-refractivity contribution in [1.29, 1.82) is 5.26 Å². The number of carbonyl (C=O) groups is 1. The molecule has 0 aliphatic heterocycles. The first-order valence-corrected chi connectivity index (χ1v) is 16.5. The molecule has 0 saturated carbocycles. The van der Waals surface area contributed by atoms with Crippen molar-refractivity contribution in [1.82, 2.24) is 15.2 Å². The predicted molar refractivity (Wildman–Crippen MR) is 172 cm³/mol. The lowest BCUT2D eigenvalue weighted by atomic mass is 9.98. The highest BCUT2D eigenvalue weighted by molar-refractivity contribution is 8.00. The lowest BCUT2D eigenvalue weighted by molar-refractivity contribution is -0.113. The van der Waals surface area contributed by atoms with Gasteiger partial charge in [-0.25, -0.2) is 13.4 Å². The molecule has 44 heavy (non-hydrogen) atoms. The maximum absolute atomic E-state index is 12.9. The maximum Gasteiger partial charge on any atom is 0.263 e. The van der Waals surface area contributed by atoms with Crippen molar-refractivity contribution >= 4 is 49.8 Å². The zero-order valence-corrected chi connectivity index (χ0v) is 26.3. The molecule has 0 aliphatic rings. The van der Waals surface area contributed by atoms with Crippen LogP contribution in [0.1, 0.15) is 16.1 Å². The molecule has 222 valence electrons. The van der Waals surface area contributed by atoms with Gasteiger partial charge in [-0.3, -0.25) is 9.52 Å². The average molecular weight is 643 g/mol. The third-order valence-corrected chi connectivity index (χ3v) is 9.60. The van der Waals surface area contributed by atoms with Crippen molar-refractivity contribution < 1.29 is 17.9 Å². The first kappa shape index (κ1) is 30.7. The first-order valence-electron chi connectivity index (χ1n) is 13.2. The van der Waals surface area contributed by atoms with Crippen LogP contribution in [0.2, 0.25) is 0 Å². The van der Waals surface area contributed by atoms with E-state index in [0.29, 0.717) is 38.3 Å². The minimum absolute atomic E-state index is 0.0135. The average Bonchev–Trinajstić information content (AvgIpc) is 3.43. The Morgan fingerprint density at radius 2 is 1.66 bits per heavy atom. The molecule has 0 aliphatic carbocycles. The van der Waals surface area contributed by atoms with E-state index in [0.717, 1.165) is 39.8 Å². The Morgan fingerprint density at radius 1 is 0.977 bits per heavy atom. The molecule has 0 radical (unpaired) electrons. The number of hydrogen-bond donors (Lipinski definition) is 2. The van der Waals surface area contributed by atoms with Gasteiger partial charge >= 0.3 is 0 Å². The highest BCUT2D eigenvalue weighted by atomic mass is 32.2. The molecule has 0 saturated heterocycles. The highest BCUT2D eigenvalue weighted by Gasteiger charge is 2.19. The zero-order chi connectivity index (χ0) is 31.3. The Kier molecular flexibility index (Phi) is 9.24. The number of nitrogens with zero attached hydrogens (tertiary/aromatic N) is 4. The van der Waals surface area contributed by atoms with E-state index in [-0.39, 0.29) is 21.7 Å². The summed E-state index contributed by atoms with van der Waals surface area (Å²) < 4.78 is 33.0. The number of hydrogen-bond acceptors (Lipinski definition) is 10. The van der Waals surface area contributed by atoms with Crippen LogP contribution in [0.5, 0.6) is 5.75 Å². The summed E-state index contributed by atoms with van der Waals surface area (Å²) in [5.74, 6) is 0.339. The second-order valence-electron chi connectivity index (χ2n) is 9.53. The summed E-state index contributed by atoms with van der Waals surface area (Å²) in [6.45, 7) is 3.72. The van der Waals surface area contributed by atoms with Gasteiger partial charge in [0.25, 0.3) is 10.0 Å². The Balaban J connectivity index is 1.35. The molecular weight excluding hydrogens is 617 g/mol. The Morgan fingerprint density at radius 3 is 2.27 bits per heavy atom. The van der Waals surface area contributed by atoms with Crippen LogP contribution in [-0.4, -0.2) is 42.4 Å². The third-order valence-electron chi connectivity index (χ3n) is 6.38. The number of benzene rings is 3. The third kappa shape index (κ3) is 7.23. The number of thioether (sulfide) groups is 1. The summed E-state index contributed by atoms with van der Waals surface area (Å²) in [6.07, 6.45) is 0. The van der Waals surface area contributed by atoms with E-state index in [2.05, 4.69) is 26.3 Å². The van der Waals surface area contributed by atoms with Crippen molar-refractivity contribution in [3.8, 4) is 34.2 Å². The molecule has 5 aromatic rings. The van der Waals surface area contributed by atoms with Gasteiger partial charge in [0.15, 0.2) is 0 Å². The summed E-state index contributed by atoms with van der Waals surface area (Å²) in [6, 6.07) is 25.3. The molecule has 2 aromatic heterocycles. The second kappa shape index (κ2) is 13.3. The molecule has 1 amide bonds. The maximum atomic E-state index is 12.9. The number of aromatic nitrogens is 3. The number of methoxy groups -OCH3 is 1. The largest absolute Gasteiger partial charge is 0.497 e. The monoisotopic (exact) mass is 642 g/mol. The Bertz CT molecular complexity index is 1950. The van der Waals surface area contributed by atoms with E-state index in [1.165, 1.54) is 24.3 Å². The van der Waals surface area contributed by atoms with Gasteiger partial charge < -0.3 is 10.1 Å². The summed E-state index contributed by atoms with van der Waals surface area (Å²) in [4.78, 5) is 17.7. The van der Waals surface area contributed by atoms with Crippen molar-refractivity contribution in [3.05, 3.63) is 95.0 Å². The number of carbonyl (C=O) groups excluding carboxylic acids is 1. The summed E-state index contributed by atoms with van der Waals surface area (Å²) >= 11 is 2.28. The van der Waals surface area contributed by atoms with Gasteiger partial charge in [0.05, 0.1) is 29.0 Å². The van der Waals surface area contributed by atoms with Crippen LogP contribution >= 0.6 is 23.1 Å². The molecule has 10 nitrogen and oxygen atoms in total. The number of anilines is 2. The summed E-state index contributed by atoms with van der Waals surface area (Å²) in [7, 11) is -2.27. The molecule has 0 unspecified atom stereocenters. The predicted octanol–water partition coefficient (Wildman–Crippen LogP) is 6.30.